The normalized spacial score (nSPS) is 13.9. The standard InChI is InChI=1S/C34H55N5O8/c1-20(2)18-23(36-31(45)47-32(5,6)7)26(40)37-25(21(3)4)28(42)39-33(8,9)29(43)35-24(19-22-16-14-13-15-17-22)27(41)38-34(10,11)30(44)46-12/h13-17,20-21,23-25H,18-19H2,1-12H3,(H,35,43)(H,36,45)(H,37,40)(H,38,41)(H,39,42)/t23-,24-,25-/m1/s1. The first-order chi connectivity index (χ1) is 21.5. The molecule has 0 aliphatic rings. The summed E-state index contributed by atoms with van der Waals surface area (Å²) in [4.78, 5) is 78.6. The highest BCUT2D eigenvalue weighted by molar-refractivity contribution is 5.98. The van der Waals surface area contributed by atoms with Crippen LogP contribution in [0.3, 0.4) is 0 Å². The Morgan fingerprint density at radius 1 is 0.702 bits per heavy atom. The lowest BCUT2D eigenvalue weighted by molar-refractivity contribution is -0.149. The van der Waals surface area contributed by atoms with Crippen LogP contribution in [0.5, 0.6) is 0 Å². The molecular formula is C34H55N5O8. The number of alkyl carbamates (subject to hydrolysis) is 1. The van der Waals surface area contributed by atoms with Gasteiger partial charge >= 0.3 is 12.1 Å². The number of nitrogens with one attached hydrogen (secondary N) is 5. The number of methoxy groups -OCH3 is 1. The molecule has 13 heteroatoms. The van der Waals surface area contributed by atoms with Crippen molar-refractivity contribution in [2.45, 2.75) is 124 Å². The minimum Gasteiger partial charge on any atom is -0.467 e. The van der Waals surface area contributed by atoms with E-state index in [2.05, 4.69) is 26.6 Å². The molecule has 0 fully saturated rings. The molecule has 1 aromatic carbocycles. The monoisotopic (exact) mass is 661 g/mol. The molecule has 0 unspecified atom stereocenters. The first-order valence-electron chi connectivity index (χ1n) is 15.9. The van der Waals surface area contributed by atoms with E-state index in [1.54, 1.807) is 58.9 Å². The quantitative estimate of drug-likeness (QED) is 0.178. The van der Waals surface area contributed by atoms with Crippen molar-refractivity contribution < 1.29 is 38.2 Å². The lowest BCUT2D eigenvalue weighted by Gasteiger charge is -2.32. The molecule has 0 spiro atoms. The number of hydrogen-bond acceptors (Lipinski definition) is 8. The van der Waals surface area contributed by atoms with Crippen LogP contribution in [0.1, 0.15) is 88.1 Å². The van der Waals surface area contributed by atoms with Crippen molar-refractivity contribution in [3.8, 4) is 0 Å². The molecule has 13 nitrogen and oxygen atoms in total. The number of amides is 5. The Bertz CT molecular complexity index is 1250. The number of esters is 1. The predicted octanol–water partition coefficient (Wildman–Crippen LogP) is 2.76. The van der Waals surface area contributed by atoms with Gasteiger partial charge in [-0.15, -0.1) is 0 Å². The van der Waals surface area contributed by atoms with Crippen LogP contribution in [-0.4, -0.2) is 77.6 Å². The maximum absolute atomic E-state index is 13.6. The summed E-state index contributed by atoms with van der Waals surface area (Å²) in [5.41, 5.74) is -2.92. The Hall–Kier alpha value is -4.16. The van der Waals surface area contributed by atoms with E-state index < -0.39 is 76.4 Å². The first-order valence-corrected chi connectivity index (χ1v) is 15.9. The van der Waals surface area contributed by atoms with Crippen LogP contribution in [0.15, 0.2) is 30.3 Å². The molecule has 0 saturated heterocycles. The summed E-state index contributed by atoms with van der Waals surface area (Å²) in [6, 6.07) is 5.86. The topological polar surface area (TPSA) is 181 Å². The van der Waals surface area contributed by atoms with E-state index in [0.29, 0.717) is 6.42 Å². The highest BCUT2D eigenvalue weighted by atomic mass is 16.6. The number of hydrogen-bond donors (Lipinski definition) is 5. The minimum absolute atomic E-state index is 0.0360. The predicted molar refractivity (Wildman–Crippen MR) is 178 cm³/mol. The molecule has 0 heterocycles. The van der Waals surface area contributed by atoms with Crippen LogP contribution in [0, 0.1) is 11.8 Å². The number of carbonyl (C=O) groups excluding carboxylic acids is 6. The van der Waals surface area contributed by atoms with Crippen LogP contribution in [0.4, 0.5) is 4.79 Å². The molecule has 0 radical (unpaired) electrons. The molecule has 5 amide bonds. The highest BCUT2D eigenvalue weighted by Crippen LogP contribution is 2.14. The van der Waals surface area contributed by atoms with Gasteiger partial charge < -0.3 is 36.1 Å². The fourth-order valence-corrected chi connectivity index (χ4v) is 4.48. The van der Waals surface area contributed by atoms with Gasteiger partial charge in [-0.25, -0.2) is 9.59 Å². The summed E-state index contributed by atoms with van der Waals surface area (Å²) in [7, 11) is 1.21. The largest absolute Gasteiger partial charge is 0.467 e. The van der Waals surface area contributed by atoms with Gasteiger partial charge in [-0.1, -0.05) is 58.0 Å². The van der Waals surface area contributed by atoms with E-state index >= 15 is 0 Å². The van der Waals surface area contributed by atoms with Crippen LogP contribution in [-0.2, 0) is 39.9 Å². The van der Waals surface area contributed by atoms with Gasteiger partial charge in [0, 0.05) is 6.42 Å². The number of rotatable bonds is 15. The molecule has 0 saturated carbocycles. The Labute approximate surface area is 279 Å². The first kappa shape index (κ1) is 40.9. The third-order valence-corrected chi connectivity index (χ3v) is 7.00. The zero-order valence-electron chi connectivity index (χ0n) is 30.0. The fraction of sp³-hybridized carbons (Fsp3) is 0.647. The number of ether oxygens (including phenoxy) is 2. The molecule has 47 heavy (non-hydrogen) atoms. The van der Waals surface area contributed by atoms with E-state index in [4.69, 9.17) is 9.47 Å². The molecule has 0 aliphatic carbocycles. The van der Waals surface area contributed by atoms with Crippen LogP contribution >= 0.6 is 0 Å². The summed E-state index contributed by atoms with van der Waals surface area (Å²) < 4.78 is 10.1. The third kappa shape index (κ3) is 14.0. The van der Waals surface area contributed by atoms with Gasteiger partial charge in [-0.2, -0.15) is 0 Å². The van der Waals surface area contributed by atoms with Gasteiger partial charge in [0.15, 0.2) is 0 Å². The van der Waals surface area contributed by atoms with Gasteiger partial charge in [0.1, 0.15) is 34.8 Å². The lowest BCUT2D eigenvalue weighted by Crippen LogP contribution is -2.64. The van der Waals surface area contributed by atoms with Gasteiger partial charge in [-0.05, 0) is 72.3 Å². The SMILES string of the molecule is COC(=O)C(C)(C)NC(=O)[C@@H](Cc1ccccc1)NC(=O)C(C)(C)NC(=O)[C@H](NC(=O)[C@@H](CC(C)C)NC(=O)OC(C)(C)C)C(C)C. The maximum Gasteiger partial charge on any atom is 0.408 e. The molecule has 1 rings (SSSR count). The van der Waals surface area contributed by atoms with Gasteiger partial charge in [-0.3, -0.25) is 19.2 Å². The third-order valence-electron chi connectivity index (χ3n) is 7.00. The Morgan fingerprint density at radius 3 is 1.74 bits per heavy atom. The molecule has 5 N–H and O–H groups in total. The number of benzene rings is 1. The van der Waals surface area contributed by atoms with Gasteiger partial charge in [0.2, 0.25) is 23.6 Å². The summed E-state index contributed by atoms with van der Waals surface area (Å²) in [5.74, 6) is -3.53. The van der Waals surface area contributed by atoms with Crippen molar-refractivity contribution >= 4 is 35.7 Å². The molecule has 0 bridgehead atoms. The minimum atomic E-state index is -1.53. The van der Waals surface area contributed by atoms with Crippen molar-refractivity contribution in [2.75, 3.05) is 7.11 Å². The highest BCUT2D eigenvalue weighted by Gasteiger charge is 2.39. The van der Waals surface area contributed by atoms with Crippen molar-refractivity contribution in [1.82, 2.24) is 26.6 Å². The van der Waals surface area contributed by atoms with E-state index in [1.165, 1.54) is 34.8 Å². The van der Waals surface area contributed by atoms with E-state index in [1.807, 2.05) is 19.9 Å². The second-order valence-electron chi connectivity index (χ2n) is 14.5. The molecule has 0 aromatic heterocycles. The molecule has 3 atom stereocenters. The van der Waals surface area contributed by atoms with E-state index in [0.717, 1.165) is 5.56 Å². The average molecular weight is 662 g/mol. The Morgan fingerprint density at radius 2 is 1.26 bits per heavy atom. The van der Waals surface area contributed by atoms with Crippen molar-refractivity contribution in [2.24, 2.45) is 11.8 Å². The second-order valence-corrected chi connectivity index (χ2v) is 14.5. The molecule has 264 valence electrons. The summed E-state index contributed by atoms with van der Waals surface area (Å²) in [6.45, 7) is 18.3. The van der Waals surface area contributed by atoms with E-state index in [9.17, 15) is 28.8 Å². The zero-order chi connectivity index (χ0) is 36.3. The summed E-state index contributed by atoms with van der Waals surface area (Å²) in [5, 5.41) is 13.4. The van der Waals surface area contributed by atoms with Crippen LogP contribution in [0.25, 0.3) is 0 Å². The zero-order valence-corrected chi connectivity index (χ0v) is 30.0. The van der Waals surface area contributed by atoms with Crippen molar-refractivity contribution in [3.63, 3.8) is 0 Å². The molecule has 1 aromatic rings. The summed E-state index contributed by atoms with van der Waals surface area (Å²) >= 11 is 0. The maximum atomic E-state index is 13.6. The van der Waals surface area contributed by atoms with Gasteiger partial charge in [0.25, 0.3) is 0 Å². The van der Waals surface area contributed by atoms with Crippen LogP contribution < -0.4 is 26.6 Å². The van der Waals surface area contributed by atoms with E-state index in [-0.39, 0.29) is 12.3 Å². The lowest BCUT2D eigenvalue weighted by atomic mass is 9.97. The Kier molecular flexibility index (Phi) is 14.9. The molecule has 0 aliphatic heterocycles. The fourth-order valence-electron chi connectivity index (χ4n) is 4.48. The smallest absolute Gasteiger partial charge is 0.408 e. The Balaban J connectivity index is 3.16. The number of carbonyl (C=O) groups is 6. The van der Waals surface area contributed by atoms with Crippen molar-refractivity contribution in [3.05, 3.63) is 35.9 Å². The second kappa shape index (κ2) is 17.1. The summed E-state index contributed by atoms with van der Waals surface area (Å²) in [6.07, 6.45) is -0.360. The average Bonchev–Trinajstić information content (AvgIpc) is 2.92. The van der Waals surface area contributed by atoms with Crippen molar-refractivity contribution in [1.29, 1.82) is 0 Å². The molecular weight excluding hydrogens is 606 g/mol. The van der Waals surface area contributed by atoms with Gasteiger partial charge in [0.05, 0.1) is 7.11 Å². The van der Waals surface area contributed by atoms with Crippen LogP contribution in [0.2, 0.25) is 0 Å².